The number of nitrogens with one attached hydrogen (secondary N) is 2. The Bertz CT molecular complexity index is 520. The lowest BCUT2D eigenvalue weighted by molar-refractivity contribution is 0.0697. The van der Waals surface area contributed by atoms with Gasteiger partial charge in [0.2, 0.25) is 0 Å². The normalized spacial score (nSPS) is 9.95. The summed E-state index contributed by atoms with van der Waals surface area (Å²) in [5.41, 5.74) is 0.487. The maximum Gasteiger partial charge on any atom is 0.335 e. The van der Waals surface area contributed by atoms with E-state index in [9.17, 15) is 9.59 Å². The van der Waals surface area contributed by atoms with Crippen molar-refractivity contribution in [1.82, 2.24) is 5.32 Å². The van der Waals surface area contributed by atoms with Crippen LogP contribution in [0, 0.1) is 0 Å². The number of rotatable bonds is 8. The van der Waals surface area contributed by atoms with Crippen molar-refractivity contribution in [2.75, 3.05) is 25.1 Å². The number of amides is 2. The third-order valence-electron chi connectivity index (χ3n) is 2.46. The SMILES string of the molecule is C=CCCOCCNC(=O)Nc1cc(C(=O)O)ccc1Br. The molecule has 21 heavy (non-hydrogen) atoms. The van der Waals surface area contributed by atoms with Crippen molar-refractivity contribution in [2.24, 2.45) is 0 Å². The van der Waals surface area contributed by atoms with E-state index >= 15 is 0 Å². The second-order valence-electron chi connectivity index (χ2n) is 4.07. The van der Waals surface area contributed by atoms with Crippen LogP contribution in [-0.4, -0.2) is 36.9 Å². The number of urea groups is 1. The van der Waals surface area contributed by atoms with Crippen LogP contribution in [-0.2, 0) is 4.74 Å². The first kappa shape index (κ1) is 17.2. The minimum Gasteiger partial charge on any atom is -0.478 e. The van der Waals surface area contributed by atoms with Crippen LogP contribution in [0.4, 0.5) is 10.5 Å². The summed E-state index contributed by atoms with van der Waals surface area (Å²) in [7, 11) is 0. The highest BCUT2D eigenvalue weighted by atomic mass is 79.9. The predicted molar refractivity (Wildman–Crippen MR) is 83.8 cm³/mol. The number of aromatic carboxylic acids is 1. The van der Waals surface area contributed by atoms with E-state index in [1.807, 2.05) is 0 Å². The van der Waals surface area contributed by atoms with E-state index in [0.29, 0.717) is 29.9 Å². The Morgan fingerprint density at radius 1 is 1.38 bits per heavy atom. The fraction of sp³-hybridized carbons (Fsp3) is 0.286. The summed E-state index contributed by atoms with van der Waals surface area (Å²) in [5.74, 6) is -1.05. The molecule has 0 saturated heterocycles. The van der Waals surface area contributed by atoms with Gasteiger partial charge < -0.3 is 20.5 Å². The number of benzene rings is 1. The molecule has 0 atom stereocenters. The molecule has 2 amide bonds. The van der Waals surface area contributed by atoms with Crippen molar-refractivity contribution in [3.63, 3.8) is 0 Å². The summed E-state index contributed by atoms with van der Waals surface area (Å²) in [6.45, 7) is 4.90. The summed E-state index contributed by atoms with van der Waals surface area (Å²) in [6, 6.07) is 3.97. The maximum absolute atomic E-state index is 11.7. The van der Waals surface area contributed by atoms with E-state index in [0.717, 1.165) is 6.42 Å². The van der Waals surface area contributed by atoms with Gasteiger partial charge in [-0.15, -0.1) is 6.58 Å². The van der Waals surface area contributed by atoms with Crippen molar-refractivity contribution in [3.05, 3.63) is 40.9 Å². The van der Waals surface area contributed by atoms with Crippen molar-refractivity contribution < 1.29 is 19.4 Å². The Kier molecular flexibility index (Phi) is 7.49. The summed E-state index contributed by atoms with van der Waals surface area (Å²) in [5, 5.41) is 14.1. The molecule has 1 rings (SSSR count). The first-order valence-electron chi connectivity index (χ1n) is 6.31. The molecule has 0 saturated carbocycles. The van der Waals surface area contributed by atoms with Crippen LogP contribution < -0.4 is 10.6 Å². The van der Waals surface area contributed by atoms with Gasteiger partial charge >= 0.3 is 12.0 Å². The monoisotopic (exact) mass is 356 g/mol. The minimum atomic E-state index is -1.05. The highest BCUT2D eigenvalue weighted by Crippen LogP contribution is 2.23. The van der Waals surface area contributed by atoms with Crippen LogP contribution in [0.5, 0.6) is 0 Å². The Morgan fingerprint density at radius 2 is 2.14 bits per heavy atom. The molecular weight excluding hydrogens is 340 g/mol. The Hall–Kier alpha value is -1.86. The highest BCUT2D eigenvalue weighted by molar-refractivity contribution is 9.10. The van der Waals surface area contributed by atoms with Gasteiger partial charge in [-0.05, 0) is 40.5 Å². The smallest absolute Gasteiger partial charge is 0.335 e. The number of hydrogen-bond acceptors (Lipinski definition) is 3. The number of anilines is 1. The first-order chi connectivity index (χ1) is 10.0. The third kappa shape index (κ3) is 6.42. The van der Waals surface area contributed by atoms with Crippen molar-refractivity contribution in [3.8, 4) is 0 Å². The number of halogens is 1. The maximum atomic E-state index is 11.7. The van der Waals surface area contributed by atoms with Gasteiger partial charge in [0.1, 0.15) is 0 Å². The summed E-state index contributed by atoms with van der Waals surface area (Å²) in [6.07, 6.45) is 2.52. The largest absolute Gasteiger partial charge is 0.478 e. The van der Waals surface area contributed by atoms with Gasteiger partial charge in [0.15, 0.2) is 0 Å². The van der Waals surface area contributed by atoms with E-state index in [-0.39, 0.29) is 5.56 Å². The Balaban J connectivity index is 2.42. The van der Waals surface area contributed by atoms with Gasteiger partial charge in [0, 0.05) is 11.0 Å². The van der Waals surface area contributed by atoms with Gasteiger partial charge in [0.05, 0.1) is 24.5 Å². The second-order valence-corrected chi connectivity index (χ2v) is 4.92. The molecule has 0 aromatic heterocycles. The number of carboxylic acid groups (broad SMARTS) is 1. The molecule has 114 valence electrons. The number of carbonyl (C=O) groups is 2. The van der Waals surface area contributed by atoms with Crippen LogP contribution in [0.3, 0.4) is 0 Å². The number of carbonyl (C=O) groups excluding carboxylic acids is 1. The molecule has 0 bridgehead atoms. The minimum absolute atomic E-state index is 0.0984. The summed E-state index contributed by atoms with van der Waals surface area (Å²) in [4.78, 5) is 22.6. The molecule has 0 spiro atoms. The molecule has 0 heterocycles. The molecule has 0 aliphatic rings. The molecule has 0 radical (unpaired) electrons. The molecule has 1 aromatic carbocycles. The topological polar surface area (TPSA) is 87.7 Å². The van der Waals surface area contributed by atoms with E-state index in [1.165, 1.54) is 12.1 Å². The van der Waals surface area contributed by atoms with Crippen LogP contribution in [0.2, 0.25) is 0 Å². The average molecular weight is 357 g/mol. The fourth-order valence-electron chi connectivity index (χ4n) is 1.43. The van der Waals surface area contributed by atoms with Gasteiger partial charge in [-0.1, -0.05) is 6.08 Å². The molecule has 0 aliphatic carbocycles. The summed E-state index contributed by atoms with van der Waals surface area (Å²) < 4.78 is 5.85. The third-order valence-corrected chi connectivity index (χ3v) is 3.15. The number of carboxylic acids is 1. The molecule has 0 aliphatic heterocycles. The van der Waals surface area contributed by atoms with Crippen molar-refractivity contribution >= 4 is 33.6 Å². The zero-order valence-corrected chi connectivity index (χ0v) is 13.0. The van der Waals surface area contributed by atoms with Gasteiger partial charge in [-0.3, -0.25) is 0 Å². The quantitative estimate of drug-likeness (QED) is 0.493. The van der Waals surface area contributed by atoms with Crippen LogP contribution in [0.1, 0.15) is 16.8 Å². The summed E-state index contributed by atoms with van der Waals surface area (Å²) >= 11 is 3.25. The molecule has 0 fully saturated rings. The van der Waals surface area contributed by atoms with Crippen LogP contribution >= 0.6 is 15.9 Å². The molecule has 7 heteroatoms. The first-order valence-corrected chi connectivity index (χ1v) is 7.10. The molecule has 3 N–H and O–H groups in total. The van der Waals surface area contributed by atoms with Crippen molar-refractivity contribution in [2.45, 2.75) is 6.42 Å². The lowest BCUT2D eigenvalue weighted by atomic mass is 10.2. The zero-order chi connectivity index (χ0) is 15.7. The lowest BCUT2D eigenvalue weighted by Crippen LogP contribution is -2.31. The lowest BCUT2D eigenvalue weighted by Gasteiger charge is -2.10. The van der Waals surface area contributed by atoms with E-state index in [2.05, 4.69) is 33.1 Å². The second kappa shape index (κ2) is 9.15. The molecule has 0 unspecified atom stereocenters. The average Bonchev–Trinajstić information content (AvgIpc) is 2.44. The Morgan fingerprint density at radius 3 is 2.81 bits per heavy atom. The Labute approximate surface area is 131 Å². The number of hydrogen-bond donors (Lipinski definition) is 3. The zero-order valence-electron chi connectivity index (χ0n) is 11.4. The predicted octanol–water partition coefficient (Wildman–Crippen LogP) is 2.86. The van der Waals surface area contributed by atoms with Crippen LogP contribution in [0.25, 0.3) is 0 Å². The number of ether oxygens (including phenoxy) is 1. The highest BCUT2D eigenvalue weighted by Gasteiger charge is 2.09. The van der Waals surface area contributed by atoms with Crippen molar-refractivity contribution in [1.29, 1.82) is 0 Å². The van der Waals surface area contributed by atoms with Gasteiger partial charge in [-0.2, -0.15) is 0 Å². The fourth-order valence-corrected chi connectivity index (χ4v) is 1.77. The van der Waals surface area contributed by atoms with E-state index in [4.69, 9.17) is 9.84 Å². The molecular formula is C14H17BrN2O4. The van der Waals surface area contributed by atoms with E-state index in [1.54, 1.807) is 12.1 Å². The van der Waals surface area contributed by atoms with Gasteiger partial charge in [0.25, 0.3) is 0 Å². The standard InChI is InChI=1S/C14H17BrN2O4/c1-2-3-7-21-8-6-16-14(20)17-12-9-10(13(18)19)4-5-11(12)15/h2,4-5,9H,1,3,6-8H2,(H,18,19)(H2,16,17,20). The van der Waals surface area contributed by atoms with Crippen LogP contribution in [0.15, 0.2) is 35.3 Å². The van der Waals surface area contributed by atoms with Gasteiger partial charge in [-0.25, -0.2) is 9.59 Å². The van der Waals surface area contributed by atoms with E-state index < -0.39 is 12.0 Å². The molecule has 1 aromatic rings. The molecule has 6 nitrogen and oxygen atoms in total.